The van der Waals surface area contributed by atoms with Gasteiger partial charge in [0.1, 0.15) is 0 Å². The molecule has 0 saturated heterocycles. The Hall–Kier alpha value is 0.350. The summed E-state index contributed by atoms with van der Waals surface area (Å²) in [5.74, 6) is 0.949. The fourth-order valence-corrected chi connectivity index (χ4v) is 3.79. The van der Waals surface area contributed by atoms with Crippen molar-refractivity contribution in [2.24, 2.45) is 5.92 Å². The highest BCUT2D eigenvalue weighted by Crippen LogP contribution is 2.45. The van der Waals surface area contributed by atoms with E-state index in [0.29, 0.717) is 4.75 Å². The summed E-state index contributed by atoms with van der Waals surface area (Å²) in [5.41, 5.74) is 0. The van der Waals surface area contributed by atoms with E-state index in [9.17, 15) is 0 Å². The second-order valence-electron chi connectivity index (χ2n) is 5.00. The van der Waals surface area contributed by atoms with Crippen LogP contribution in [0.25, 0.3) is 0 Å². The first-order valence-electron chi connectivity index (χ1n) is 6.04. The van der Waals surface area contributed by atoms with Crippen LogP contribution in [0.3, 0.4) is 0 Å². The van der Waals surface area contributed by atoms with Crippen molar-refractivity contribution in [1.29, 1.82) is 0 Å². The van der Waals surface area contributed by atoms with Crippen LogP contribution in [0.4, 0.5) is 0 Å². The molecule has 0 atom stereocenters. The Labute approximate surface area is 87.9 Å². The van der Waals surface area contributed by atoms with E-state index in [1.54, 1.807) is 0 Å². The predicted octanol–water partition coefficient (Wildman–Crippen LogP) is 4.20. The third-order valence-electron chi connectivity index (χ3n) is 4.08. The third-order valence-corrected chi connectivity index (χ3v) is 4.90. The fourth-order valence-electron chi connectivity index (χ4n) is 3.21. The zero-order valence-electron chi connectivity index (χ0n) is 8.60. The van der Waals surface area contributed by atoms with Gasteiger partial charge in [-0.05, 0) is 31.6 Å². The molecule has 0 nitrogen and oxygen atoms in total. The summed E-state index contributed by atoms with van der Waals surface area (Å²) in [6, 6.07) is 0. The molecule has 2 aliphatic rings. The second-order valence-corrected chi connectivity index (χ2v) is 5.89. The lowest BCUT2D eigenvalue weighted by atomic mass is 9.72. The number of thiol groups is 1. The molecule has 0 aliphatic heterocycles. The van der Waals surface area contributed by atoms with Gasteiger partial charge in [-0.1, -0.05) is 38.5 Å². The topological polar surface area (TPSA) is 0 Å². The molecule has 0 aromatic rings. The Balaban J connectivity index is 1.94. The quantitative estimate of drug-likeness (QED) is 0.600. The molecule has 13 heavy (non-hydrogen) atoms. The molecule has 2 rings (SSSR count). The van der Waals surface area contributed by atoms with Crippen LogP contribution in [-0.4, -0.2) is 4.75 Å². The van der Waals surface area contributed by atoms with E-state index in [1.165, 1.54) is 64.2 Å². The van der Waals surface area contributed by atoms with E-state index < -0.39 is 0 Å². The Morgan fingerprint density at radius 2 is 1.31 bits per heavy atom. The van der Waals surface area contributed by atoms with Gasteiger partial charge < -0.3 is 0 Å². The Bertz CT molecular complexity index is 153. The number of hydrogen-bond acceptors (Lipinski definition) is 1. The Kier molecular flexibility index (Phi) is 3.23. The van der Waals surface area contributed by atoms with Crippen molar-refractivity contribution in [3.8, 4) is 0 Å². The molecule has 0 unspecified atom stereocenters. The molecular formula is C12H22S. The number of rotatable bonds is 1. The lowest BCUT2D eigenvalue weighted by molar-refractivity contribution is 0.229. The van der Waals surface area contributed by atoms with Crippen LogP contribution in [0.2, 0.25) is 0 Å². The van der Waals surface area contributed by atoms with Gasteiger partial charge in [0.15, 0.2) is 0 Å². The molecule has 2 fully saturated rings. The number of hydrogen-bond donors (Lipinski definition) is 1. The lowest BCUT2D eigenvalue weighted by Crippen LogP contribution is -2.35. The minimum absolute atomic E-state index is 0.443. The summed E-state index contributed by atoms with van der Waals surface area (Å²) in [5, 5.41) is 0. The van der Waals surface area contributed by atoms with Gasteiger partial charge >= 0.3 is 0 Å². The molecular weight excluding hydrogens is 176 g/mol. The van der Waals surface area contributed by atoms with E-state index in [0.717, 1.165) is 5.92 Å². The summed E-state index contributed by atoms with van der Waals surface area (Å²) < 4.78 is 0.443. The Morgan fingerprint density at radius 3 is 1.92 bits per heavy atom. The van der Waals surface area contributed by atoms with Crippen LogP contribution in [0.15, 0.2) is 0 Å². The van der Waals surface area contributed by atoms with Crippen LogP contribution in [-0.2, 0) is 0 Å². The van der Waals surface area contributed by atoms with Gasteiger partial charge in [-0.2, -0.15) is 12.6 Å². The highest BCUT2D eigenvalue weighted by Gasteiger charge is 2.36. The first-order chi connectivity index (χ1) is 6.31. The zero-order chi connectivity index (χ0) is 9.15. The smallest absolute Gasteiger partial charge is 0.0158 e. The first-order valence-corrected chi connectivity index (χ1v) is 6.48. The maximum Gasteiger partial charge on any atom is 0.0158 e. The van der Waals surface area contributed by atoms with Gasteiger partial charge in [0.25, 0.3) is 0 Å². The van der Waals surface area contributed by atoms with E-state index in [1.807, 2.05) is 0 Å². The summed E-state index contributed by atoms with van der Waals surface area (Å²) in [6.07, 6.45) is 14.4. The van der Waals surface area contributed by atoms with Crippen molar-refractivity contribution in [2.75, 3.05) is 0 Å². The minimum Gasteiger partial charge on any atom is -0.172 e. The third kappa shape index (κ3) is 2.23. The van der Waals surface area contributed by atoms with Gasteiger partial charge in [0.05, 0.1) is 0 Å². The minimum atomic E-state index is 0.443. The van der Waals surface area contributed by atoms with Crippen molar-refractivity contribution in [1.82, 2.24) is 0 Å². The van der Waals surface area contributed by atoms with E-state index in [4.69, 9.17) is 12.6 Å². The maximum absolute atomic E-state index is 4.99. The lowest BCUT2D eigenvalue weighted by Gasteiger charge is -2.41. The van der Waals surface area contributed by atoms with Crippen LogP contribution in [0, 0.1) is 5.92 Å². The van der Waals surface area contributed by atoms with Crippen molar-refractivity contribution >= 4 is 12.6 Å². The molecule has 0 radical (unpaired) electrons. The molecule has 0 amide bonds. The van der Waals surface area contributed by atoms with Crippen molar-refractivity contribution in [3.63, 3.8) is 0 Å². The molecule has 0 heterocycles. The average molecular weight is 198 g/mol. The molecule has 0 bridgehead atoms. The summed E-state index contributed by atoms with van der Waals surface area (Å²) in [7, 11) is 0. The van der Waals surface area contributed by atoms with E-state index >= 15 is 0 Å². The van der Waals surface area contributed by atoms with Gasteiger partial charge in [-0.25, -0.2) is 0 Å². The SMILES string of the molecule is SC1(C2CCCCC2)CCCCC1. The van der Waals surface area contributed by atoms with Crippen molar-refractivity contribution in [2.45, 2.75) is 69.0 Å². The van der Waals surface area contributed by atoms with Crippen LogP contribution in [0.5, 0.6) is 0 Å². The van der Waals surface area contributed by atoms with Crippen molar-refractivity contribution in [3.05, 3.63) is 0 Å². The highest BCUT2D eigenvalue weighted by atomic mass is 32.1. The van der Waals surface area contributed by atoms with Gasteiger partial charge in [-0.3, -0.25) is 0 Å². The average Bonchev–Trinajstić information content (AvgIpc) is 2.20. The van der Waals surface area contributed by atoms with Crippen LogP contribution >= 0.6 is 12.6 Å². The molecule has 2 aliphatic carbocycles. The summed E-state index contributed by atoms with van der Waals surface area (Å²) in [4.78, 5) is 0. The molecule has 0 spiro atoms. The second kappa shape index (κ2) is 4.25. The largest absolute Gasteiger partial charge is 0.172 e. The van der Waals surface area contributed by atoms with Gasteiger partial charge in [0.2, 0.25) is 0 Å². The van der Waals surface area contributed by atoms with Gasteiger partial charge in [-0.15, -0.1) is 0 Å². The van der Waals surface area contributed by atoms with Gasteiger partial charge in [0, 0.05) is 4.75 Å². The molecule has 0 aromatic carbocycles. The molecule has 76 valence electrons. The molecule has 1 heteroatoms. The van der Waals surface area contributed by atoms with E-state index in [-0.39, 0.29) is 0 Å². The molecule has 0 aromatic heterocycles. The van der Waals surface area contributed by atoms with Crippen LogP contribution < -0.4 is 0 Å². The van der Waals surface area contributed by atoms with E-state index in [2.05, 4.69) is 0 Å². The maximum atomic E-state index is 4.99. The standard InChI is InChI=1S/C12H22S/c13-12(9-5-2-6-10-12)11-7-3-1-4-8-11/h11,13H,1-10H2. The molecule has 2 saturated carbocycles. The fraction of sp³-hybridized carbons (Fsp3) is 1.00. The normalized spacial score (nSPS) is 30.2. The van der Waals surface area contributed by atoms with Crippen LogP contribution in [0.1, 0.15) is 64.2 Å². The predicted molar refractivity (Wildman–Crippen MR) is 61.4 cm³/mol. The molecule has 0 N–H and O–H groups in total. The summed E-state index contributed by atoms with van der Waals surface area (Å²) in [6.45, 7) is 0. The Morgan fingerprint density at radius 1 is 0.769 bits per heavy atom. The summed E-state index contributed by atoms with van der Waals surface area (Å²) >= 11 is 4.99. The zero-order valence-corrected chi connectivity index (χ0v) is 9.49. The monoisotopic (exact) mass is 198 g/mol. The first kappa shape index (κ1) is 9.89. The highest BCUT2D eigenvalue weighted by molar-refractivity contribution is 7.81. The van der Waals surface area contributed by atoms with Crippen molar-refractivity contribution < 1.29 is 0 Å².